The number of esters is 1. The second kappa shape index (κ2) is 22.3. The molecular formula is C42H59N5O9. The topological polar surface area (TPSA) is 198 Å². The molecule has 1 aliphatic carbocycles. The summed E-state index contributed by atoms with van der Waals surface area (Å²) < 4.78 is 10.9. The number of Topliss-reactive ketones (excluding diaryl/α,β-unsaturated/α-hetero) is 1. The van der Waals surface area contributed by atoms with Crippen molar-refractivity contribution in [3.8, 4) is 0 Å². The molecule has 5 amide bonds. The highest BCUT2D eigenvalue weighted by Gasteiger charge is 2.36. The van der Waals surface area contributed by atoms with Crippen molar-refractivity contribution >= 4 is 41.5 Å². The van der Waals surface area contributed by atoms with Gasteiger partial charge in [-0.25, -0.2) is 9.59 Å². The number of benzene rings is 2. The molecule has 56 heavy (non-hydrogen) atoms. The molecular weight excluding hydrogens is 718 g/mol. The van der Waals surface area contributed by atoms with E-state index in [0.29, 0.717) is 12.0 Å². The molecule has 1 fully saturated rings. The lowest BCUT2D eigenvalue weighted by atomic mass is 9.83. The van der Waals surface area contributed by atoms with Gasteiger partial charge in [0.15, 0.2) is 6.04 Å². The molecule has 14 nitrogen and oxygen atoms in total. The molecule has 4 atom stereocenters. The maximum atomic E-state index is 13.8. The summed E-state index contributed by atoms with van der Waals surface area (Å²) in [5.41, 5.74) is 0.437. The normalized spacial score (nSPS) is 15.3. The molecule has 3 rings (SSSR count). The maximum Gasteiger partial charge on any atom is 0.408 e. The SMILES string of the molecule is CCCC(NC(=O)[C@H](CC(C)C)NC(=O)[C@@H](NC(=O)OC(C)(C)C)C1CCCCC1)C(=O)C(=O)NCC(=O)N[C@H](C(=O)OCc1ccccc1)c1ccccc1. The van der Waals surface area contributed by atoms with Gasteiger partial charge >= 0.3 is 12.1 Å². The smallest absolute Gasteiger partial charge is 0.408 e. The highest BCUT2D eigenvalue weighted by Crippen LogP contribution is 2.27. The van der Waals surface area contributed by atoms with Crippen LogP contribution in [-0.4, -0.2) is 71.7 Å². The molecule has 5 N–H and O–H groups in total. The van der Waals surface area contributed by atoms with Crippen LogP contribution in [0.15, 0.2) is 60.7 Å². The number of carbonyl (C=O) groups excluding carboxylic acids is 7. The Balaban J connectivity index is 1.66. The van der Waals surface area contributed by atoms with Gasteiger partial charge in [-0.15, -0.1) is 0 Å². The summed E-state index contributed by atoms with van der Waals surface area (Å²) in [6.07, 6.45) is 4.30. The Morgan fingerprint density at radius 3 is 1.96 bits per heavy atom. The molecule has 0 heterocycles. The Bertz CT molecular complexity index is 1620. The lowest BCUT2D eigenvalue weighted by molar-refractivity contribution is -0.149. The Morgan fingerprint density at radius 1 is 0.768 bits per heavy atom. The van der Waals surface area contributed by atoms with Gasteiger partial charge in [0.25, 0.3) is 5.91 Å². The molecule has 0 aliphatic heterocycles. The van der Waals surface area contributed by atoms with E-state index in [1.54, 1.807) is 70.2 Å². The molecule has 0 spiro atoms. The van der Waals surface area contributed by atoms with Crippen LogP contribution in [0.1, 0.15) is 110 Å². The number of nitrogens with one attached hydrogen (secondary N) is 5. The van der Waals surface area contributed by atoms with Gasteiger partial charge in [0.2, 0.25) is 23.5 Å². The van der Waals surface area contributed by atoms with Crippen molar-refractivity contribution in [2.75, 3.05) is 6.54 Å². The van der Waals surface area contributed by atoms with E-state index in [1.165, 1.54) is 0 Å². The predicted octanol–water partition coefficient (Wildman–Crippen LogP) is 4.56. The van der Waals surface area contributed by atoms with E-state index < -0.39 is 77.8 Å². The van der Waals surface area contributed by atoms with Crippen molar-refractivity contribution in [1.82, 2.24) is 26.6 Å². The summed E-state index contributed by atoms with van der Waals surface area (Å²) in [6, 6.07) is 13.1. The highest BCUT2D eigenvalue weighted by atomic mass is 16.6. The summed E-state index contributed by atoms with van der Waals surface area (Å²) in [5.74, 6) is -4.95. The number of ether oxygens (including phenoxy) is 2. The highest BCUT2D eigenvalue weighted by molar-refractivity contribution is 6.38. The van der Waals surface area contributed by atoms with Gasteiger partial charge in [-0.05, 0) is 69.4 Å². The molecule has 2 aromatic rings. The van der Waals surface area contributed by atoms with Gasteiger partial charge in [-0.1, -0.05) is 107 Å². The zero-order chi connectivity index (χ0) is 41.3. The fraction of sp³-hybridized carbons (Fsp3) is 0.548. The maximum absolute atomic E-state index is 13.8. The van der Waals surface area contributed by atoms with Crippen LogP contribution >= 0.6 is 0 Å². The van der Waals surface area contributed by atoms with Gasteiger partial charge in [-0.2, -0.15) is 0 Å². The summed E-state index contributed by atoms with van der Waals surface area (Å²) in [7, 11) is 0. The zero-order valence-electron chi connectivity index (χ0n) is 33.5. The number of ketones is 1. The number of alkyl carbamates (subject to hydrolysis) is 1. The molecule has 0 saturated heterocycles. The number of rotatable bonds is 19. The van der Waals surface area contributed by atoms with Crippen LogP contribution in [0, 0.1) is 11.8 Å². The Morgan fingerprint density at radius 2 is 1.38 bits per heavy atom. The van der Waals surface area contributed by atoms with Gasteiger partial charge in [0.05, 0.1) is 12.6 Å². The third kappa shape index (κ3) is 15.5. The summed E-state index contributed by atoms with van der Waals surface area (Å²) in [4.78, 5) is 92.9. The largest absolute Gasteiger partial charge is 0.459 e. The van der Waals surface area contributed by atoms with Crippen molar-refractivity contribution in [1.29, 1.82) is 0 Å². The van der Waals surface area contributed by atoms with E-state index in [1.807, 2.05) is 32.0 Å². The monoisotopic (exact) mass is 777 g/mol. The van der Waals surface area contributed by atoms with Gasteiger partial charge in [-0.3, -0.25) is 24.0 Å². The Kier molecular flexibility index (Phi) is 18.0. The molecule has 1 unspecified atom stereocenters. The van der Waals surface area contributed by atoms with Crippen LogP contribution in [0.3, 0.4) is 0 Å². The number of hydrogen-bond acceptors (Lipinski definition) is 9. The van der Waals surface area contributed by atoms with Crippen molar-refractivity contribution in [3.63, 3.8) is 0 Å². The van der Waals surface area contributed by atoms with Crippen LogP contribution in [0.2, 0.25) is 0 Å². The van der Waals surface area contributed by atoms with Crippen molar-refractivity contribution in [2.45, 2.75) is 129 Å². The van der Waals surface area contributed by atoms with Gasteiger partial charge in [0, 0.05) is 0 Å². The first-order valence-electron chi connectivity index (χ1n) is 19.5. The third-order valence-electron chi connectivity index (χ3n) is 9.16. The molecule has 0 aromatic heterocycles. The van der Waals surface area contributed by atoms with Crippen LogP contribution in [0.5, 0.6) is 0 Å². The number of hydrogen-bond donors (Lipinski definition) is 5. The van der Waals surface area contributed by atoms with Crippen molar-refractivity contribution in [3.05, 3.63) is 71.8 Å². The molecule has 1 aliphatic rings. The predicted molar refractivity (Wildman–Crippen MR) is 210 cm³/mol. The van der Waals surface area contributed by atoms with Crippen molar-refractivity contribution in [2.24, 2.45) is 11.8 Å². The van der Waals surface area contributed by atoms with Crippen LogP contribution < -0.4 is 26.6 Å². The quantitative estimate of drug-likeness (QED) is 0.100. The molecule has 14 heteroatoms. The van der Waals surface area contributed by atoms with Crippen LogP contribution in [-0.2, 0) is 44.8 Å². The molecule has 2 aromatic carbocycles. The molecule has 0 bridgehead atoms. The minimum absolute atomic E-state index is 0.0135. The van der Waals surface area contributed by atoms with E-state index in [4.69, 9.17) is 9.47 Å². The number of amides is 5. The summed E-state index contributed by atoms with van der Waals surface area (Å²) in [5, 5.41) is 13.1. The average Bonchev–Trinajstić information content (AvgIpc) is 3.16. The van der Waals surface area contributed by atoms with E-state index in [0.717, 1.165) is 37.7 Å². The van der Waals surface area contributed by atoms with Crippen molar-refractivity contribution < 1.29 is 43.0 Å². The summed E-state index contributed by atoms with van der Waals surface area (Å²) >= 11 is 0. The summed E-state index contributed by atoms with van der Waals surface area (Å²) in [6.45, 7) is 10.1. The first kappa shape index (κ1) is 45.1. The second-order valence-corrected chi connectivity index (χ2v) is 15.6. The van der Waals surface area contributed by atoms with E-state index in [-0.39, 0.29) is 31.3 Å². The van der Waals surface area contributed by atoms with Gasteiger partial charge in [0.1, 0.15) is 24.3 Å². The van der Waals surface area contributed by atoms with E-state index in [2.05, 4.69) is 26.6 Å². The zero-order valence-corrected chi connectivity index (χ0v) is 33.5. The van der Waals surface area contributed by atoms with E-state index in [9.17, 15) is 33.6 Å². The fourth-order valence-corrected chi connectivity index (χ4v) is 6.45. The molecule has 0 radical (unpaired) electrons. The lowest BCUT2D eigenvalue weighted by Crippen LogP contribution is -2.58. The second-order valence-electron chi connectivity index (χ2n) is 15.6. The molecule has 306 valence electrons. The van der Waals surface area contributed by atoms with Crippen LogP contribution in [0.4, 0.5) is 4.79 Å². The Hall–Kier alpha value is -5.27. The number of carbonyl (C=O) groups is 7. The minimum Gasteiger partial charge on any atom is -0.459 e. The average molecular weight is 778 g/mol. The fourth-order valence-electron chi connectivity index (χ4n) is 6.45. The first-order chi connectivity index (χ1) is 26.6. The first-order valence-corrected chi connectivity index (χ1v) is 19.5. The van der Waals surface area contributed by atoms with E-state index >= 15 is 0 Å². The van der Waals surface area contributed by atoms with Crippen LogP contribution in [0.25, 0.3) is 0 Å². The third-order valence-corrected chi connectivity index (χ3v) is 9.16. The lowest BCUT2D eigenvalue weighted by Gasteiger charge is -2.32. The molecule has 1 saturated carbocycles. The standard InChI is InChI=1S/C42H59N5O9/c1-7-17-31(44-37(50)32(24-27(2)3)45-38(51)34(29-20-13-9-14-21-29)47-41(54)56-42(4,5)6)36(49)39(52)43-25-33(48)46-35(30-22-15-10-16-23-30)40(53)55-26-28-18-11-8-12-19-28/h8,10-12,15-16,18-19,22-23,27,29,31-32,34-35H,7,9,13-14,17,20-21,24-26H2,1-6H3,(H,43,52)(H,44,50)(H,45,51)(H,46,48)(H,47,54)/t31?,32-,34-,35-/m0/s1. The minimum atomic E-state index is -1.25. The van der Waals surface area contributed by atoms with Gasteiger partial charge < -0.3 is 36.1 Å². The Labute approximate surface area is 330 Å².